The Labute approximate surface area is 194 Å². The zero-order valence-corrected chi connectivity index (χ0v) is 20.1. The molecule has 1 aromatic heterocycles. The van der Waals surface area contributed by atoms with Crippen LogP contribution in [-0.2, 0) is 14.8 Å². The molecule has 1 amide bonds. The fourth-order valence-electron chi connectivity index (χ4n) is 3.91. The third kappa shape index (κ3) is 6.05. The summed E-state index contributed by atoms with van der Waals surface area (Å²) in [5.74, 6) is -0.731. The van der Waals surface area contributed by atoms with Crippen molar-refractivity contribution in [2.45, 2.75) is 51.0 Å². The minimum atomic E-state index is -3.76. The SMILES string of the molecule is CC(C)(C)CC(NC(=O)C1CCN(S(=O)(=O)c2cccnc2Cl)CC1)c1ccc(F)cc1. The lowest BCUT2D eigenvalue weighted by Crippen LogP contribution is -2.44. The number of aromatic nitrogens is 1. The minimum absolute atomic E-state index is 0.0221. The zero-order valence-electron chi connectivity index (χ0n) is 18.5. The number of rotatable bonds is 6. The van der Waals surface area contributed by atoms with Crippen molar-refractivity contribution < 1.29 is 17.6 Å². The lowest BCUT2D eigenvalue weighted by atomic mass is 9.85. The fourth-order valence-corrected chi connectivity index (χ4v) is 5.81. The van der Waals surface area contributed by atoms with Gasteiger partial charge in [0.1, 0.15) is 15.9 Å². The molecule has 1 aliphatic heterocycles. The Bertz CT molecular complexity index is 1050. The Morgan fingerprint density at radius 1 is 1.22 bits per heavy atom. The van der Waals surface area contributed by atoms with Crippen LogP contribution in [0.3, 0.4) is 0 Å². The molecular formula is C23H29ClFN3O3S. The van der Waals surface area contributed by atoms with E-state index in [2.05, 4.69) is 31.1 Å². The molecular weight excluding hydrogens is 453 g/mol. The number of nitrogens with zero attached hydrogens (tertiary/aromatic N) is 2. The Kier molecular flexibility index (Phi) is 7.57. The normalized spacial score (nSPS) is 17.2. The van der Waals surface area contributed by atoms with Crippen molar-refractivity contribution in [1.29, 1.82) is 0 Å². The van der Waals surface area contributed by atoms with E-state index in [4.69, 9.17) is 11.6 Å². The monoisotopic (exact) mass is 481 g/mol. The third-order valence-electron chi connectivity index (χ3n) is 5.57. The first-order chi connectivity index (χ1) is 15.0. The predicted molar refractivity (Wildman–Crippen MR) is 122 cm³/mol. The Balaban J connectivity index is 1.67. The van der Waals surface area contributed by atoms with Crippen LogP contribution in [0.4, 0.5) is 4.39 Å². The van der Waals surface area contributed by atoms with E-state index in [1.165, 1.54) is 34.8 Å². The lowest BCUT2D eigenvalue weighted by Gasteiger charge is -2.33. The van der Waals surface area contributed by atoms with Gasteiger partial charge in [-0.1, -0.05) is 44.5 Å². The van der Waals surface area contributed by atoms with Crippen LogP contribution < -0.4 is 5.32 Å². The van der Waals surface area contributed by atoms with E-state index in [1.807, 2.05) is 0 Å². The summed E-state index contributed by atoms with van der Waals surface area (Å²) in [6, 6.07) is 8.89. The summed E-state index contributed by atoms with van der Waals surface area (Å²) in [7, 11) is -3.76. The number of pyridine rings is 1. The van der Waals surface area contributed by atoms with Gasteiger partial charge in [0.15, 0.2) is 0 Å². The van der Waals surface area contributed by atoms with Gasteiger partial charge in [-0.2, -0.15) is 4.31 Å². The van der Waals surface area contributed by atoms with Crippen LogP contribution in [0.15, 0.2) is 47.5 Å². The van der Waals surface area contributed by atoms with E-state index in [1.54, 1.807) is 12.1 Å². The summed E-state index contributed by atoms with van der Waals surface area (Å²) < 4.78 is 40.5. The average Bonchev–Trinajstić information content (AvgIpc) is 2.73. The average molecular weight is 482 g/mol. The van der Waals surface area contributed by atoms with Crippen LogP contribution in [0, 0.1) is 17.2 Å². The smallest absolute Gasteiger partial charge is 0.246 e. The maximum atomic E-state index is 13.4. The van der Waals surface area contributed by atoms with Gasteiger partial charge in [0.2, 0.25) is 15.9 Å². The van der Waals surface area contributed by atoms with Gasteiger partial charge >= 0.3 is 0 Å². The van der Waals surface area contributed by atoms with Crippen molar-refractivity contribution in [3.63, 3.8) is 0 Å². The summed E-state index contributed by atoms with van der Waals surface area (Å²) in [6.45, 7) is 6.71. The van der Waals surface area contributed by atoms with Gasteiger partial charge in [0.25, 0.3) is 0 Å². The molecule has 0 aliphatic carbocycles. The van der Waals surface area contributed by atoms with Gasteiger partial charge in [-0.05, 0) is 54.5 Å². The third-order valence-corrected chi connectivity index (χ3v) is 7.92. The van der Waals surface area contributed by atoms with E-state index >= 15 is 0 Å². The first-order valence-electron chi connectivity index (χ1n) is 10.6. The van der Waals surface area contributed by atoms with E-state index in [0.29, 0.717) is 19.3 Å². The molecule has 2 aromatic rings. The largest absolute Gasteiger partial charge is 0.349 e. The molecule has 1 fully saturated rings. The number of benzene rings is 1. The van der Waals surface area contributed by atoms with Crippen LogP contribution in [0.2, 0.25) is 5.15 Å². The molecule has 2 heterocycles. The Morgan fingerprint density at radius 2 is 1.84 bits per heavy atom. The molecule has 3 rings (SSSR count). The molecule has 1 N–H and O–H groups in total. The highest BCUT2D eigenvalue weighted by molar-refractivity contribution is 7.89. The van der Waals surface area contributed by atoms with Gasteiger partial charge in [-0.25, -0.2) is 17.8 Å². The summed E-state index contributed by atoms with van der Waals surface area (Å²) >= 11 is 5.98. The minimum Gasteiger partial charge on any atom is -0.349 e. The number of hydrogen-bond acceptors (Lipinski definition) is 4. The molecule has 1 saturated heterocycles. The van der Waals surface area contributed by atoms with Gasteiger partial charge in [0, 0.05) is 25.2 Å². The molecule has 6 nitrogen and oxygen atoms in total. The van der Waals surface area contributed by atoms with E-state index in [-0.39, 0.29) is 52.2 Å². The fraction of sp³-hybridized carbons (Fsp3) is 0.478. The Hall–Kier alpha value is -2.03. The highest BCUT2D eigenvalue weighted by Crippen LogP contribution is 2.31. The first kappa shape index (κ1) is 24.6. The second kappa shape index (κ2) is 9.85. The summed E-state index contributed by atoms with van der Waals surface area (Å²) in [5.41, 5.74) is 0.799. The molecule has 1 unspecified atom stereocenters. The van der Waals surface area contributed by atoms with Crippen LogP contribution in [0.1, 0.15) is 51.6 Å². The van der Waals surface area contributed by atoms with Crippen LogP contribution in [-0.4, -0.2) is 36.7 Å². The number of hydrogen-bond donors (Lipinski definition) is 1. The van der Waals surface area contributed by atoms with Crippen LogP contribution >= 0.6 is 11.6 Å². The molecule has 32 heavy (non-hydrogen) atoms. The van der Waals surface area contributed by atoms with Crippen molar-refractivity contribution in [2.24, 2.45) is 11.3 Å². The number of amides is 1. The van der Waals surface area contributed by atoms with E-state index in [0.717, 1.165) is 5.56 Å². The standard InChI is InChI=1S/C23H29ClFN3O3S/c1-23(2,3)15-19(16-6-8-18(25)9-7-16)27-22(29)17-10-13-28(14-11-17)32(30,31)20-5-4-12-26-21(20)24/h4-9,12,17,19H,10-11,13-15H2,1-3H3,(H,27,29). The van der Waals surface area contributed by atoms with Crippen molar-refractivity contribution in [2.75, 3.05) is 13.1 Å². The van der Waals surface area contributed by atoms with E-state index in [9.17, 15) is 17.6 Å². The highest BCUT2D eigenvalue weighted by atomic mass is 35.5. The molecule has 174 valence electrons. The molecule has 0 radical (unpaired) electrons. The van der Waals surface area contributed by atoms with Crippen molar-refractivity contribution in [3.8, 4) is 0 Å². The maximum Gasteiger partial charge on any atom is 0.246 e. The van der Waals surface area contributed by atoms with Crippen molar-refractivity contribution >= 4 is 27.5 Å². The molecule has 1 aliphatic rings. The lowest BCUT2D eigenvalue weighted by molar-refractivity contribution is -0.127. The number of piperidine rings is 1. The molecule has 0 bridgehead atoms. The predicted octanol–water partition coefficient (Wildman–Crippen LogP) is 4.57. The quantitative estimate of drug-likeness (QED) is 0.613. The summed E-state index contributed by atoms with van der Waals surface area (Å²) in [4.78, 5) is 16.9. The number of halogens is 2. The number of carbonyl (C=O) groups is 1. The first-order valence-corrected chi connectivity index (χ1v) is 12.5. The summed E-state index contributed by atoms with van der Waals surface area (Å²) in [5, 5.41) is 3.05. The highest BCUT2D eigenvalue weighted by Gasteiger charge is 2.34. The molecule has 1 aromatic carbocycles. The molecule has 1 atom stereocenters. The molecule has 0 spiro atoms. The maximum absolute atomic E-state index is 13.4. The Morgan fingerprint density at radius 3 is 2.41 bits per heavy atom. The van der Waals surface area contributed by atoms with Crippen LogP contribution in [0.5, 0.6) is 0 Å². The van der Waals surface area contributed by atoms with Gasteiger partial charge in [0.05, 0.1) is 6.04 Å². The van der Waals surface area contributed by atoms with Crippen molar-refractivity contribution in [1.82, 2.24) is 14.6 Å². The molecule has 9 heteroatoms. The van der Waals surface area contributed by atoms with Gasteiger partial charge in [-0.15, -0.1) is 0 Å². The number of nitrogens with one attached hydrogen (secondary N) is 1. The van der Waals surface area contributed by atoms with E-state index < -0.39 is 10.0 Å². The van der Waals surface area contributed by atoms with Crippen LogP contribution in [0.25, 0.3) is 0 Å². The van der Waals surface area contributed by atoms with Gasteiger partial charge < -0.3 is 5.32 Å². The number of sulfonamides is 1. The topological polar surface area (TPSA) is 79.4 Å². The second-order valence-corrected chi connectivity index (χ2v) is 11.6. The second-order valence-electron chi connectivity index (χ2n) is 9.35. The zero-order chi connectivity index (χ0) is 23.5. The van der Waals surface area contributed by atoms with Gasteiger partial charge in [-0.3, -0.25) is 4.79 Å². The summed E-state index contributed by atoms with van der Waals surface area (Å²) in [6.07, 6.45) is 2.95. The van der Waals surface area contributed by atoms with Crippen molar-refractivity contribution in [3.05, 3.63) is 59.1 Å². The molecule has 0 saturated carbocycles. The number of carbonyl (C=O) groups excluding carboxylic acids is 1.